The summed E-state index contributed by atoms with van der Waals surface area (Å²) in [7, 11) is 0. The second kappa shape index (κ2) is 11.1. The molecule has 2 rings (SSSR count). The first-order valence-electron chi connectivity index (χ1n) is 8.82. The number of halogens is 2. The van der Waals surface area contributed by atoms with E-state index in [9.17, 15) is 23.6 Å². The lowest BCUT2D eigenvalue weighted by atomic mass is 10.1. The standard InChI is InChI=1S/C20H19BrFN3O5/c21-14-3-1-2-4-15(14)24-18(27)11-30-20(29)16(9-10-17(23)26)25-19(28)12-5-7-13(22)8-6-12/h1-8,16H,9-11H2,(H2,23,26)(H,24,27)(H,25,28)/t16-/m0/s1. The fourth-order valence-corrected chi connectivity index (χ4v) is 2.75. The summed E-state index contributed by atoms with van der Waals surface area (Å²) in [6.45, 7) is -0.598. The number of primary amides is 1. The van der Waals surface area contributed by atoms with Gasteiger partial charge in [0.1, 0.15) is 11.9 Å². The van der Waals surface area contributed by atoms with Gasteiger partial charge in [0.25, 0.3) is 11.8 Å². The summed E-state index contributed by atoms with van der Waals surface area (Å²) in [4.78, 5) is 47.7. The van der Waals surface area contributed by atoms with Crippen molar-refractivity contribution in [3.63, 3.8) is 0 Å². The molecule has 4 N–H and O–H groups in total. The minimum absolute atomic E-state index is 0.111. The molecule has 0 fully saturated rings. The zero-order valence-electron chi connectivity index (χ0n) is 15.7. The van der Waals surface area contributed by atoms with Gasteiger partial charge in [-0.15, -0.1) is 0 Å². The van der Waals surface area contributed by atoms with Gasteiger partial charge in [0.15, 0.2) is 6.61 Å². The largest absolute Gasteiger partial charge is 0.454 e. The molecule has 0 spiro atoms. The molecule has 0 bridgehead atoms. The molecule has 3 amide bonds. The Labute approximate surface area is 180 Å². The first-order chi connectivity index (χ1) is 14.3. The van der Waals surface area contributed by atoms with E-state index in [1.807, 2.05) is 0 Å². The molecule has 0 aliphatic carbocycles. The highest BCUT2D eigenvalue weighted by molar-refractivity contribution is 9.10. The number of hydrogen-bond donors (Lipinski definition) is 3. The summed E-state index contributed by atoms with van der Waals surface area (Å²) >= 11 is 3.28. The summed E-state index contributed by atoms with van der Waals surface area (Å²) in [6, 6.07) is 10.3. The lowest BCUT2D eigenvalue weighted by Crippen LogP contribution is -2.43. The lowest BCUT2D eigenvalue weighted by Gasteiger charge is -2.17. The number of benzene rings is 2. The minimum Gasteiger partial charge on any atom is -0.454 e. The average Bonchev–Trinajstić information content (AvgIpc) is 2.71. The van der Waals surface area contributed by atoms with Crippen LogP contribution in [0.1, 0.15) is 23.2 Å². The Balaban J connectivity index is 1.97. The van der Waals surface area contributed by atoms with Gasteiger partial charge in [-0.25, -0.2) is 9.18 Å². The number of amides is 3. The van der Waals surface area contributed by atoms with E-state index in [4.69, 9.17) is 10.5 Å². The number of anilines is 1. The number of nitrogens with two attached hydrogens (primary N) is 1. The van der Waals surface area contributed by atoms with Gasteiger partial charge < -0.3 is 21.1 Å². The van der Waals surface area contributed by atoms with Crippen LogP contribution in [0.15, 0.2) is 53.0 Å². The Morgan fingerprint density at radius 1 is 1.07 bits per heavy atom. The Morgan fingerprint density at radius 3 is 2.37 bits per heavy atom. The number of carbonyl (C=O) groups excluding carboxylic acids is 4. The third kappa shape index (κ3) is 7.28. The first-order valence-corrected chi connectivity index (χ1v) is 9.61. The molecule has 1 atom stereocenters. The van der Waals surface area contributed by atoms with E-state index < -0.39 is 42.2 Å². The number of rotatable bonds is 9. The van der Waals surface area contributed by atoms with Crippen LogP contribution in [0.3, 0.4) is 0 Å². The second-order valence-corrected chi connectivity index (χ2v) is 7.03. The van der Waals surface area contributed by atoms with E-state index in [2.05, 4.69) is 26.6 Å². The van der Waals surface area contributed by atoms with Crippen LogP contribution in [0, 0.1) is 5.82 Å². The smallest absolute Gasteiger partial charge is 0.329 e. The molecule has 0 heterocycles. The third-order valence-electron chi connectivity index (χ3n) is 3.87. The number of para-hydroxylation sites is 1. The molecule has 2 aromatic rings. The van der Waals surface area contributed by atoms with E-state index in [0.29, 0.717) is 10.2 Å². The molecule has 2 aromatic carbocycles. The predicted octanol–water partition coefficient (Wildman–Crippen LogP) is 2.13. The molecule has 30 heavy (non-hydrogen) atoms. The lowest BCUT2D eigenvalue weighted by molar-refractivity contribution is -0.149. The molecular formula is C20H19BrFN3O5. The van der Waals surface area contributed by atoms with Gasteiger partial charge in [-0.1, -0.05) is 12.1 Å². The Bertz CT molecular complexity index is 936. The van der Waals surface area contributed by atoms with E-state index in [0.717, 1.165) is 12.1 Å². The average molecular weight is 480 g/mol. The van der Waals surface area contributed by atoms with Gasteiger partial charge in [-0.05, 0) is 58.7 Å². The van der Waals surface area contributed by atoms with Crippen molar-refractivity contribution in [3.05, 3.63) is 64.4 Å². The Morgan fingerprint density at radius 2 is 1.73 bits per heavy atom. The molecule has 0 aliphatic heterocycles. The number of hydrogen-bond acceptors (Lipinski definition) is 5. The molecule has 0 radical (unpaired) electrons. The van der Waals surface area contributed by atoms with Gasteiger partial charge in [-0.2, -0.15) is 0 Å². The van der Waals surface area contributed by atoms with Crippen LogP contribution in [0.2, 0.25) is 0 Å². The Hall–Kier alpha value is -3.27. The predicted molar refractivity (Wildman–Crippen MR) is 110 cm³/mol. The summed E-state index contributed by atoms with van der Waals surface area (Å²) in [6.07, 6.45) is -0.306. The summed E-state index contributed by atoms with van der Waals surface area (Å²) < 4.78 is 18.6. The van der Waals surface area contributed by atoms with Crippen molar-refractivity contribution in [2.45, 2.75) is 18.9 Å². The number of esters is 1. The number of nitrogens with one attached hydrogen (secondary N) is 2. The van der Waals surface area contributed by atoms with Crippen LogP contribution < -0.4 is 16.4 Å². The second-order valence-electron chi connectivity index (χ2n) is 6.17. The highest BCUT2D eigenvalue weighted by Gasteiger charge is 2.24. The SMILES string of the molecule is NC(=O)CC[C@H](NC(=O)c1ccc(F)cc1)C(=O)OCC(=O)Nc1ccccc1Br. The third-order valence-corrected chi connectivity index (χ3v) is 4.56. The first kappa shape index (κ1) is 23.0. The van der Waals surface area contributed by atoms with Gasteiger partial charge in [0, 0.05) is 16.5 Å². The summed E-state index contributed by atoms with van der Waals surface area (Å²) in [5, 5.41) is 4.97. The molecule has 0 aromatic heterocycles. The molecule has 10 heteroatoms. The quantitative estimate of drug-likeness (QED) is 0.474. The topological polar surface area (TPSA) is 128 Å². The molecule has 158 valence electrons. The monoisotopic (exact) mass is 479 g/mol. The maximum absolute atomic E-state index is 13.0. The fourth-order valence-electron chi connectivity index (χ4n) is 2.36. The van der Waals surface area contributed by atoms with E-state index in [1.54, 1.807) is 24.3 Å². The molecule has 0 saturated carbocycles. The maximum Gasteiger partial charge on any atom is 0.329 e. The molecular weight excluding hydrogens is 461 g/mol. The number of carbonyl (C=O) groups is 4. The van der Waals surface area contributed by atoms with Crippen molar-refractivity contribution in [2.75, 3.05) is 11.9 Å². The van der Waals surface area contributed by atoms with Crippen molar-refractivity contribution in [1.82, 2.24) is 5.32 Å². The van der Waals surface area contributed by atoms with Gasteiger partial charge in [0.05, 0.1) is 5.69 Å². The van der Waals surface area contributed by atoms with Crippen LogP contribution >= 0.6 is 15.9 Å². The molecule has 0 saturated heterocycles. The van der Waals surface area contributed by atoms with Crippen LogP contribution in [0.5, 0.6) is 0 Å². The highest BCUT2D eigenvalue weighted by Crippen LogP contribution is 2.20. The van der Waals surface area contributed by atoms with Crippen molar-refractivity contribution >= 4 is 45.3 Å². The maximum atomic E-state index is 13.0. The van der Waals surface area contributed by atoms with Crippen molar-refractivity contribution in [3.8, 4) is 0 Å². The normalized spacial score (nSPS) is 11.3. The van der Waals surface area contributed by atoms with Crippen LogP contribution in [0.25, 0.3) is 0 Å². The van der Waals surface area contributed by atoms with Crippen molar-refractivity contribution in [1.29, 1.82) is 0 Å². The number of ether oxygens (including phenoxy) is 1. The Kier molecular flexibility index (Phi) is 8.48. The van der Waals surface area contributed by atoms with Gasteiger partial charge >= 0.3 is 5.97 Å². The highest BCUT2D eigenvalue weighted by atomic mass is 79.9. The summed E-state index contributed by atoms with van der Waals surface area (Å²) in [5.41, 5.74) is 5.71. The van der Waals surface area contributed by atoms with E-state index in [-0.39, 0.29) is 18.4 Å². The van der Waals surface area contributed by atoms with Crippen LogP contribution in [-0.2, 0) is 19.1 Å². The zero-order chi connectivity index (χ0) is 22.1. The van der Waals surface area contributed by atoms with E-state index >= 15 is 0 Å². The molecule has 0 unspecified atom stereocenters. The van der Waals surface area contributed by atoms with Crippen LogP contribution in [-0.4, -0.2) is 36.3 Å². The van der Waals surface area contributed by atoms with Crippen molar-refractivity contribution in [2.24, 2.45) is 5.73 Å². The van der Waals surface area contributed by atoms with E-state index in [1.165, 1.54) is 12.1 Å². The zero-order valence-corrected chi connectivity index (χ0v) is 17.3. The fraction of sp³-hybridized carbons (Fsp3) is 0.200. The van der Waals surface area contributed by atoms with Gasteiger partial charge in [0.2, 0.25) is 5.91 Å². The molecule has 0 aliphatic rings. The minimum atomic E-state index is -1.22. The van der Waals surface area contributed by atoms with Crippen molar-refractivity contribution < 1.29 is 28.3 Å². The van der Waals surface area contributed by atoms with Crippen LogP contribution in [0.4, 0.5) is 10.1 Å². The molecule has 8 nitrogen and oxygen atoms in total. The van der Waals surface area contributed by atoms with Gasteiger partial charge in [-0.3, -0.25) is 14.4 Å². The summed E-state index contributed by atoms with van der Waals surface area (Å²) in [5.74, 6) is -3.36.